The maximum Gasteiger partial charge on any atom is 0.339 e. The molecule has 7 nitrogen and oxygen atoms in total. The molecule has 0 saturated carbocycles. The molecule has 176 valence electrons. The Kier molecular flexibility index (Phi) is 6.48. The Morgan fingerprint density at radius 3 is 2.32 bits per heavy atom. The third-order valence-corrected chi connectivity index (χ3v) is 6.41. The van der Waals surface area contributed by atoms with Crippen LogP contribution < -0.4 is 16.0 Å². The summed E-state index contributed by atoms with van der Waals surface area (Å²) in [6.07, 6.45) is 0.0908. The van der Waals surface area contributed by atoms with Crippen LogP contribution in [0, 0.1) is 20.8 Å². The fraction of sp³-hybridized carbons (Fsp3) is 0.269. The number of nitrogens with one attached hydrogen (secondary N) is 1. The summed E-state index contributed by atoms with van der Waals surface area (Å²) in [4.78, 5) is 36.7. The number of hydrogen-bond acceptors (Lipinski definition) is 6. The van der Waals surface area contributed by atoms with Crippen molar-refractivity contribution in [3.05, 3.63) is 79.9 Å². The average Bonchev–Trinajstić information content (AvgIpc) is 3.06. The van der Waals surface area contributed by atoms with E-state index in [0.717, 1.165) is 27.7 Å². The Hall–Kier alpha value is -3.58. The number of rotatable bonds is 7. The minimum atomic E-state index is -1.39. The molecule has 0 aliphatic carbocycles. The molecule has 1 atom stereocenters. The predicted octanol–water partition coefficient (Wildman–Crippen LogP) is 3.53. The molecule has 0 spiro atoms. The molecule has 4 aromatic rings. The van der Waals surface area contributed by atoms with Gasteiger partial charge in [-0.1, -0.05) is 23.7 Å². The van der Waals surface area contributed by atoms with Crippen LogP contribution in [0.5, 0.6) is 0 Å². The van der Waals surface area contributed by atoms with Gasteiger partial charge in [0.05, 0.1) is 12.0 Å². The van der Waals surface area contributed by atoms with Crippen LogP contribution in [-0.2, 0) is 22.4 Å². The topological polar surface area (TPSA) is 113 Å². The molecular weight excluding hydrogens is 458 g/mol. The molecular formula is C26H23ClNO6-. The van der Waals surface area contributed by atoms with E-state index < -0.39 is 23.5 Å². The van der Waals surface area contributed by atoms with E-state index in [1.807, 2.05) is 26.8 Å². The lowest BCUT2D eigenvalue weighted by Crippen LogP contribution is -2.49. The molecule has 0 saturated heterocycles. The Balaban J connectivity index is 1.52. The molecule has 1 amide bonds. The van der Waals surface area contributed by atoms with E-state index in [1.165, 1.54) is 0 Å². The van der Waals surface area contributed by atoms with E-state index in [1.54, 1.807) is 30.3 Å². The third kappa shape index (κ3) is 4.70. The van der Waals surface area contributed by atoms with Gasteiger partial charge in [-0.15, -0.1) is 0 Å². The Morgan fingerprint density at radius 2 is 1.65 bits per heavy atom. The quantitative estimate of drug-likeness (QED) is 0.405. The van der Waals surface area contributed by atoms with Gasteiger partial charge in [0, 0.05) is 33.8 Å². The largest absolute Gasteiger partial charge is 0.548 e. The number of halogens is 1. The number of furan rings is 1. The van der Waals surface area contributed by atoms with Crippen LogP contribution in [-0.4, -0.2) is 17.9 Å². The second-order valence-corrected chi connectivity index (χ2v) is 8.83. The van der Waals surface area contributed by atoms with Gasteiger partial charge in [0.2, 0.25) is 5.91 Å². The predicted molar refractivity (Wildman–Crippen MR) is 127 cm³/mol. The molecule has 2 aromatic heterocycles. The van der Waals surface area contributed by atoms with Crippen LogP contribution in [0.2, 0.25) is 5.02 Å². The molecule has 0 aliphatic rings. The lowest BCUT2D eigenvalue weighted by molar-refractivity contribution is -0.308. The minimum Gasteiger partial charge on any atom is -0.548 e. The second kappa shape index (κ2) is 9.35. The second-order valence-electron chi connectivity index (χ2n) is 8.39. The van der Waals surface area contributed by atoms with Gasteiger partial charge in [-0.05, 0) is 68.5 Å². The number of carboxylic acids is 1. The number of carbonyl (C=O) groups excluding carboxylic acids is 2. The summed E-state index contributed by atoms with van der Waals surface area (Å²) in [5.41, 5.74) is 3.33. The highest BCUT2D eigenvalue weighted by atomic mass is 35.5. The van der Waals surface area contributed by atoms with E-state index in [2.05, 4.69) is 5.32 Å². The van der Waals surface area contributed by atoms with Crippen LogP contribution in [0.15, 0.2) is 50.0 Å². The van der Waals surface area contributed by atoms with Crippen LogP contribution in [0.4, 0.5) is 0 Å². The van der Waals surface area contributed by atoms with Gasteiger partial charge in [0.25, 0.3) is 0 Å². The molecule has 34 heavy (non-hydrogen) atoms. The maximum absolute atomic E-state index is 12.6. The number of hydrogen-bond donors (Lipinski definition) is 1. The summed E-state index contributed by atoms with van der Waals surface area (Å²) in [6.45, 7) is 5.65. The maximum atomic E-state index is 12.6. The lowest BCUT2D eigenvalue weighted by Gasteiger charge is -2.20. The summed E-state index contributed by atoms with van der Waals surface area (Å²) in [5, 5.41) is 16.3. The number of fused-ring (bicyclic) bond motifs is 2. The van der Waals surface area contributed by atoms with Gasteiger partial charge in [0.1, 0.15) is 16.9 Å². The SMILES string of the molecule is Cc1oc2cc3oc(=O)c(CCC(=O)N[C@@H](Cc4ccc(Cl)cc4)C(=O)[O-])c(C)c3cc2c1C. The lowest BCUT2D eigenvalue weighted by atomic mass is 10.00. The number of carbonyl (C=O) groups is 2. The highest BCUT2D eigenvalue weighted by molar-refractivity contribution is 6.30. The van der Waals surface area contributed by atoms with Gasteiger partial charge < -0.3 is 24.1 Å². The molecule has 0 unspecified atom stereocenters. The zero-order valence-electron chi connectivity index (χ0n) is 19.0. The van der Waals surface area contributed by atoms with Crippen molar-refractivity contribution in [2.45, 2.75) is 46.1 Å². The van der Waals surface area contributed by atoms with E-state index >= 15 is 0 Å². The van der Waals surface area contributed by atoms with Gasteiger partial charge in [-0.3, -0.25) is 4.79 Å². The van der Waals surface area contributed by atoms with Crippen molar-refractivity contribution in [1.29, 1.82) is 0 Å². The normalized spacial score (nSPS) is 12.2. The molecule has 1 N–H and O–H groups in total. The summed E-state index contributed by atoms with van der Waals surface area (Å²) >= 11 is 5.86. The minimum absolute atomic E-state index is 0.0574. The molecule has 0 bridgehead atoms. The van der Waals surface area contributed by atoms with Crippen LogP contribution >= 0.6 is 11.6 Å². The fourth-order valence-corrected chi connectivity index (χ4v) is 4.19. The van der Waals surface area contributed by atoms with Gasteiger partial charge >= 0.3 is 5.63 Å². The van der Waals surface area contributed by atoms with Gasteiger partial charge in [0.15, 0.2) is 0 Å². The zero-order chi connectivity index (χ0) is 24.6. The summed E-state index contributed by atoms with van der Waals surface area (Å²) in [6, 6.07) is 9.10. The first-order chi connectivity index (χ1) is 16.1. The zero-order valence-corrected chi connectivity index (χ0v) is 19.7. The smallest absolute Gasteiger partial charge is 0.339 e. The fourth-order valence-electron chi connectivity index (χ4n) is 4.07. The molecule has 4 rings (SSSR count). The highest BCUT2D eigenvalue weighted by Gasteiger charge is 2.18. The highest BCUT2D eigenvalue weighted by Crippen LogP contribution is 2.31. The first kappa shape index (κ1) is 23.6. The summed E-state index contributed by atoms with van der Waals surface area (Å²) in [7, 11) is 0. The first-order valence-corrected chi connectivity index (χ1v) is 11.2. The molecule has 2 aromatic carbocycles. The van der Waals surface area contributed by atoms with Gasteiger partial charge in [-0.2, -0.15) is 0 Å². The van der Waals surface area contributed by atoms with Crippen molar-refractivity contribution >= 4 is 45.4 Å². The van der Waals surface area contributed by atoms with Crippen LogP contribution in [0.3, 0.4) is 0 Å². The van der Waals surface area contributed by atoms with Crippen LogP contribution in [0.1, 0.15) is 34.4 Å². The van der Waals surface area contributed by atoms with Crippen molar-refractivity contribution < 1.29 is 23.5 Å². The standard InChI is InChI=1S/C26H24ClNO6/c1-13-15(3)33-22-12-23-20(11-19(13)22)14(2)18(26(32)34-23)8-9-24(29)28-21(25(30)31)10-16-4-6-17(27)7-5-16/h4-7,11-12,21H,8-10H2,1-3H3,(H,28,29)(H,30,31)/p-1/t21-/m0/s1. The summed E-state index contributed by atoms with van der Waals surface area (Å²) in [5.74, 6) is -1.10. The van der Waals surface area contributed by atoms with Crippen LogP contribution in [0.25, 0.3) is 21.9 Å². The van der Waals surface area contributed by atoms with Crippen molar-refractivity contribution in [2.24, 2.45) is 0 Å². The first-order valence-electron chi connectivity index (χ1n) is 10.8. The molecule has 0 aliphatic heterocycles. The van der Waals surface area contributed by atoms with E-state index in [0.29, 0.717) is 27.3 Å². The Morgan fingerprint density at radius 1 is 1.00 bits per heavy atom. The van der Waals surface area contributed by atoms with E-state index in [4.69, 9.17) is 20.4 Å². The molecule has 0 fully saturated rings. The monoisotopic (exact) mass is 480 g/mol. The number of aryl methyl sites for hydroxylation is 3. The number of aliphatic carboxylic acids is 1. The van der Waals surface area contributed by atoms with Crippen molar-refractivity contribution in [2.75, 3.05) is 0 Å². The number of benzene rings is 2. The molecule has 8 heteroatoms. The van der Waals surface area contributed by atoms with Crippen molar-refractivity contribution in [3.63, 3.8) is 0 Å². The number of amides is 1. The molecule has 2 heterocycles. The molecule has 0 radical (unpaired) electrons. The third-order valence-electron chi connectivity index (χ3n) is 6.16. The van der Waals surface area contributed by atoms with Crippen molar-refractivity contribution in [1.82, 2.24) is 5.32 Å². The van der Waals surface area contributed by atoms with Gasteiger partial charge in [-0.25, -0.2) is 4.79 Å². The van der Waals surface area contributed by atoms with E-state index in [-0.39, 0.29) is 19.3 Å². The Bertz CT molecular complexity index is 1470. The van der Waals surface area contributed by atoms with Crippen molar-refractivity contribution in [3.8, 4) is 0 Å². The van der Waals surface area contributed by atoms with E-state index in [9.17, 15) is 19.5 Å². The Labute approximate surface area is 200 Å². The average molecular weight is 481 g/mol. The number of carboxylic acid groups (broad SMARTS) is 1. The summed E-state index contributed by atoms with van der Waals surface area (Å²) < 4.78 is 11.2.